The summed E-state index contributed by atoms with van der Waals surface area (Å²) in [6.45, 7) is 2.46. The summed E-state index contributed by atoms with van der Waals surface area (Å²) >= 11 is 5.62. The second kappa shape index (κ2) is 5.87. The van der Waals surface area contributed by atoms with Crippen LogP contribution >= 0.6 is 11.6 Å². The lowest BCUT2D eigenvalue weighted by molar-refractivity contribution is 0.495. The zero-order valence-corrected chi connectivity index (χ0v) is 12.8. The SMILES string of the molecule is CC1CCC(CNS(=O)(=O)c2cc(N)cc(Cl)c2F)C1. The zero-order chi connectivity index (χ0) is 14.9. The van der Waals surface area contributed by atoms with Gasteiger partial charge in [-0.25, -0.2) is 17.5 Å². The van der Waals surface area contributed by atoms with E-state index in [0.717, 1.165) is 25.3 Å². The Morgan fingerprint density at radius 1 is 1.45 bits per heavy atom. The van der Waals surface area contributed by atoms with Crippen molar-refractivity contribution in [2.24, 2.45) is 11.8 Å². The fourth-order valence-corrected chi connectivity index (χ4v) is 4.13. The smallest absolute Gasteiger partial charge is 0.243 e. The van der Waals surface area contributed by atoms with Crippen LogP contribution in [0.4, 0.5) is 10.1 Å². The Balaban J connectivity index is 2.14. The van der Waals surface area contributed by atoms with Gasteiger partial charge in [-0.1, -0.05) is 24.9 Å². The Labute approximate surface area is 123 Å². The van der Waals surface area contributed by atoms with E-state index in [0.29, 0.717) is 18.4 Å². The first-order chi connectivity index (χ1) is 9.29. The third-order valence-corrected chi connectivity index (χ3v) is 5.37. The van der Waals surface area contributed by atoms with Crippen molar-refractivity contribution in [3.05, 3.63) is 23.0 Å². The third kappa shape index (κ3) is 3.42. The van der Waals surface area contributed by atoms with Gasteiger partial charge >= 0.3 is 0 Å². The molecule has 1 aliphatic rings. The Morgan fingerprint density at radius 3 is 2.75 bits per heavy atom. The molecule has 0 aliphatic heterocycles. The van der Waals surface area contributed by atoms with Crippen molar-refractivity contribution >= 4 is 27.3 Å². The summed E-state index contributed by atoms with van der Waals surface area (Å²) in [7, 11) is -3.93. The van der Waals surface area contributed by atoms with Crippen molar-refractivity contribution < 1.29 is 12.8 Å². The molecule has 0 amide bonds. The Morgan fingerprint density at radius 2 is 2.15 bits per heavy atom. The van der Waals surface area contributed by atoms with Gasteiger partial charge in [0.25, 0.3) is 0 Å². The number of anilines is 1. The first kappa shape index (κ1) is 15.5. The molecule has 0 bridgehead atoms. The van der Waals surface area contributed by atoms with Crippen molar-refractivity contribution in [1.82, 2.24) is 4.72 Å². The molecule has 1 aromatic carbocycles. The van der Waals surface area contributed by atoms with Crippen LogP contribution in [0.25, 0.3) is 0 Å². The number of halogens is 2. The van der Waals surface area contributed by atoms with Crippen molar-refractivity contribution in [3.8, 4) is 0 Å². The van der Waals surface area contributed by atoms with E-state index in [1.54, 1.807) is 0 Å². The molecule has 1 saturated carbocycles. The zero-order valence-electron chi connectivity index (χ0n) is 11.2. The Hall–Kier alpha value is -0.850. The Kier molecular flexibility index (Phi) is 4.56. The summed E-state index contributed by atoms with van der Waals surface area (Å²) in [4.78, 5) is -0.492. The van der Waals surface area contributed by atoms with Crippen molar-refractivity contribution in [3.63, 3.8) is 0 Å². The van der Waals surface area contributed by atoms with Crippen molar-refractivity contribution in [2.45, 2.75) is 31.1 Å². The van der Waals surface area contributed by atoms with Crippen LogP contribution in [-0.2, 0) is 10.0 Å². The fraction of sp³-hybridized carbons (Fsp3) is 0.538. The first-order valence-corrected chi connectivity index (χ1v) is 8.40. The molecule has 0 spiro atoms. The predicted octanol–water partition coefficient (Wildman–Crippen LogP) is 2.78. The van der Waals surface area contributed by atoms with E-state index in [1.807, 2.05) is 0 Å². The van der Waals surface area contributed by atoms with Gasteiger partial charge in [0.15, 0.2) is 5.82 Å². The van der Waals surface area contributed by atoms with Crippen LogP contribution in [0.3, 0.4) is 0 Å². The van der Waals surface area contributed by atoms with Crippen LogP contribution in [-0.4, -0.2) is 15.0 Å². The molecule has 0 saturated heterocycles. The molecule has 3 N–H and O–H groups in total. The molecule has 2 unspecified atom stereocenters. The highest BCUT2D eigenvalue weighted by molar-refractivity contribution is 7.89. The third-order valence-electron chi connectivity index (χ3n) is 3.67. The number of hydrogen-bond acceptors (Lipinski definition) is 3. The van der Waals surface area contributed by atoms with Crippen LogP contribution < -0.4 is 10.5 Å². The number of hydrogen-bond donors (Lipinski definition) is 2. The number of nitrogens with one attached hydrogen (secondary N) is 1. The summed E-state index contributed by atoms with van der Waals surface area (Å²) in [5.74, 6) is -0.0458. The highest BCUT2D eigenvalue weighted by Crippen LogP contribution is 2.30. The summed E-state index contributed by atoms with van der Waals surface area (Å²) < 4.78 is 40.5. The molecular formula is C13H18ClFN2O2S. The summed E-state index contributed by atoms with van der Waals surface area (Å²) in [5, 5.41) is -0.292. The maximum absolute atomic E-state index is 13.8. The minimum absolute atomic E-state index is 0.117. The average molecular weight is 321 g/mol. The molecule has 1 aliphatic carbocycles. The van der Waals surface area contributed by atoms with Gasteiger partial charge in [0.2, 0.25) is 10.0 Å². The van der Waals surface area contributed by atoms with Gasteiger partial charge in [-0.15, -0.1) is 0 Å². The minimum atomic E-state index is -3.93. The molecule has 20 heavy (non-hydrogen) atoms. The molecule has 4 nitrogen and oxygen atoms in total. The minimum Gasteiger partial charge on any atom is -0.399 e. The number of rotatable bonds is 4. The molecule has 112 valence electrons. The fourth-order valence-electron chi connectivity index (χ4n) is 2.59. The van der Waals surface area contributed by atoms with E-state index in [4.69, 9.17) is 17.3 Å². The Bertz CT molecular complexity index is 607. The van der Waals surface area contributed by atoms with Gasteiger partial charge in [0.1, 0.15) is 4.90 Å². The molecule has 0 heterocycles. The van der Waals surface area contributed by atoms with Gasteiger partial charge in [-0.2, -0.15) is 0 Å². The topological polar surface area (TPSA) is 72.2 Å². The summed E-state index contributed by atoms with van der Waals surface area (Å²) in [6.07, 6.45) is 3.08. The van der Waals surface area contributed by atoms with Crippen LogP contribution in [0.15, 0.2) is 17.0 Å². The highest BCUT2D eigenvalue weighted by atomic mass is 35.5. The normalized spacial score (nSPS) is 23.1. The second-order valence-electron chi connectivity index (χ2n) is 5.45. The lowest BCUT2D eigenvalue weighted by Gasteiger charge is -2.13. The largest absolute Gasteiger partial charge is 0.399 e. The molecule has 1 fully saturated rings. The predicted molar refractivity (Wildman–Crippen MR) is 77.5 cm³/mol. The van der Waals surface area contributed by atoms with Crippen molar-refractivity contribution in [1.29, 1.82) is 0 Å². The van der Waals surface area contributed by atoms with Crippen LogP contribution in [0.2, 0.25) is 5.02 Å². The lowest BCUT2D eigenvalue weighted by atomic mass is 10.1. The van der Waals surface area contributed by atoms with Crippen LogP contribution in [0, 0.1) is 17.7 Å². The maximum Gasteiger partial charge on any atom is 0.243 e. The van der Waals surface area contributed by atoms with E-state index >= 15 is 0 Å². The number of sulfonamides is 1. The van der Waals surface area contributed by atoms with E-state index < -0.39 is 20.7 Å². The number of nitrogen functional groups attached to an aromatic ring is 1. The molecule has 7 heteroatoms. The maximum atomic E-state index is 13.8. The quantitative estimate of drug-likeness (QED) is 0.838. The summed E-state index contributed by atoms with van der Waals surface area (Å²) in [6, 6.07) is 2.27. The molecule has 2 atom stereocenters. The molecule has 0 radical (unpaired) electrons. The van der Waals surface area contributed by atoms with Gasteiger partial charge < -0.3 is 5.73 Å². The number of benzene rings is 1. The molecule has 0 aromatic heterocycles. The lowest BCUT2D eigenvalue weighted by Crippen LogP contribution is -2.29. The first-order valence-electron chi connectivity index (χ1n) is 6.54. The number of nitrogens with two attached hydrogens (primary N) is 1. The average Bonchev–Trinajstić information content (AvgIpc) is 2.77. The van der Waals surface area contributed by atoms with E-state index in [2.05, 4.69) is 11.6 Å². The van der Waals surface area contributed by atoms with Gasteiger partial charge in [0.05, 0.1) is 5.02 Å². The molecule has 2 rings (SSSR count). The van der Waals surface area contributed by atoms with Crippen LogP contribution in [0.5, 0.6) is 0 Å². The highest BCUT2D eigenvalue weighted by Gasteiger charge is 2.26. The van der Waals surface area contributed by atoms with E-state index in [9.17, 15) is 12.8 Å². The van der Waals surface area contributed by atoms with Gasteiger partial charge in [0, 0.05) is 12.2 Å². The monoisotopic (exact) mass is 320 g/mol. The van der Waals surface area contributed by atoms with Crippen molar-refractivity contribution in [2.75, 3.05) is 12.3 Å². The standard InChI is InChI=1S/C13H18ClFN2O2S/c1-8-2-3-9(4-8)7-17-20(18,19)12-6-10(16)5-11(14)13(12)15/h5-6,8-9,17H,2-4,7,16H2,1H3. The van der Waals surface area contributed by atoms with Gasteiger partial charge in [-0.05, 0) is 36.8 Å². The summed E-state index contributed by atoms with van der Waals surface area (Å²) in [5.41, 5.74) is 5.64. The van der Waals surface area contributed by atoms with Gasteiger partial charge in [-0.3, -0.25) is 0 Å². The molecule has 1 aromatic rings. The van der Waals surface area contributed by atoms with E-state index in [-0.39, 0.29) is 10.7 Å². The molecular weight excluding hydrogens is 303 g/mol. The van der Waals surface area contributed by atoms with E-state index in [1.165, 1.54) is 6.07 Å². The second-order valence-corrected chi connectivity index (χ2v) is 7.59. The van der Waals surface area contributed by atoms with Crippen LogP contribution in [0.1, 0.15) is 26.2 Å².